The van der Waals surface area contributed by atoms with Crippen LogP contribution in [-0.2, 0) is 14.4 Å². The molecule has 1 fully saturated rings. The van der Waals surface area contributed by atoms with Crippen molar-refractivity contribution in [3.05, 3.63) is 59.1 Å². The molecule has 2 aromatic rings. The minimum Gasteiger partial charge on any atom is -0.492 e. The third-order valence-corrected chi connectivity index (χ3v) is 7.96. The molecule has 1 saturated carbocycles. The highest BCUT2D eigenvalue weighted by atomic mass is 35.5. The van der Waals surface area contributed by atoms with Gasteiger partial charge in [-0.2, -0.15) is 0 Å². The van der Waals surface area contributed by atoms with E-state index in [0.29, 0.717) is 29.4 Å². The lowest BCUT2D eigenvalue weighted by atomic mass is 9.94. The van der Waals surface area contributed by atoms with E-state index in [1.54, 1.807) is 48.5 Å². The Balaban J connectivity index is 1.51. The quantitative estimate of drug-likeness (QED) is 0.377. The van der Waals surface area contributed by atoms with Crippen molar-refractivity contribution in [2.24, 2.45) is 5.92 Å². The van der Waals surface area contributed by atoms with Crippen molar-refractivity contribution in [3.63, 3.8) is 0 Å². The molecular formula is C31H39ClN4O6. The highest BCUT2D eigenvalue weighted by Gasteiger charge is 2.43. The fourth-order valence-corrected chi connectivity index (χ4v) is 5.29. The number of carbonyl (C=O) groups is 4. The Hall–Kier alpha value is -3.79. The molecule has 1 aliphatic carbocycles. The van der Waals surface area contributed by atoms with Gasteiger partial charge in [-0.25, -0.2) is 0 Å². The minimum absolute atomic E-state index is 0.0384. The zero-order chi connectivity index (χ0) is 30.1. The lowest BCUT2D eigenvalue weighted by Crippen LogP contribution is -2.60. The Bertz CT molecular complexity index is 1260. The predicted octanol–water partition coefficient (Wildman–Crippen LogP) is 3.38. The van der Waals surface area contributed by atoms with Gasteiger partial charge in [-0.3, -0.25) is 19.2 Å². The third-order valence-electron chi connectivity index (χ3n) is 7.71. The van der Waals surface area contributed by atoms with Gasteiger partial charge in [0.1, 0.15) is 36.3 Å². The zero-order valence-corrected chi connectivity index (χ0v) is 24.8. The second-order valence-corrected chi connectivity index (χ2v) is 11.6. The smallest absolute Gasteiger partial charge is 0.255 e. The van der Waals surface area contributed by atoms with E-state index in [1.807, 2.05) is 13.8 Å². The summed E-state index contributed by atoms with van der Waals surface area (Å²) in [7, 11) is 0. The highest BCUT2D eigenvalue weighted by Crippen LogP contribution is 2.31. The van der Waals surface area contributed by atoms with Gasteiger partial charge in [0.2, 0.25) is 17.7 Å². The second-order valence-electron chi connectivity index (χ2n) is 11.1. The normalized spacial score (nSPS) is 21.2. The van der Waals surface area contributed by atoms with Crippen molar-refractivity contribution < 1.29 is 28.7 Å². The number of para-hydroxylation sites is 1. The van der Waals surface area contributed by atoms with Gasteiger partial charge in [-0.05, 0) is 61.6 Å². The van der Waals surface area contributed by atoms with Crippen LogP contribution in [0.3, 0.4) is 0 Å². The number of amides is 4. The van der Waals surface area contributed by atoms with Crippen LogP contribution in [0.25, 0.3) is 0 Å². The molecular weight excluding hydrogens is 560 g/mol. The summed E-state index contributed by atoms with van der Waals surface area (Å²) < 4.78 is 11.7. The molecule has 0 bridgehead atoms. The number of hydrogen-bond donors (Lipinski definition) is 4. The molecule has 11 heteroatoms. The van der Waals surface area contributed by atoms with Gasteiger partial charge in [0.05, 0.1) is 18.2 Å². The maximum absolute atomic E-state index is 13.5. The predicted molar refractivity (Wildman–Crippen MR) is 158 cm³/mol. The van der Waals surface area contributed by atoms with Gasteiger partial charge in [0.25, 0.3) is 5.91 Å². The first-order valence-electron chi connectivity index (χ1n) is 14.5. The molecule has 10 nitrogen and oxygen atoms in total. The summed E-state index contributed by atoms with van der Waals surface area (Å²) in [6, 6.07) is 12.3. The highest BCUT2D eigenvalue weighted by molar-refractivity contribution is 6.30. The lowest BCUT2D eigenvalue weighted by Gasteiger charge is -2.32. The Morgan fingerprint density at radius 3 is 2.50 bits per heavy atom. The van der Waals surface area contributed by atoms with Crippen LogP contribution in [0, 0.1) is 5.92 Å². The fraction of sp³-hybridized carbons (Fsp3) is 0.484. The monoisotopic (exact) mass is 598 g/mol. The molecule has 2 aliphatic rings. The van der Waals surface area contributed by atoms with Crippen molar-refractivity contribution in [1.29, 1.82) is 0 Å². The summed E-state index contributed by atoms with van der Waals surface area (Å²) in [6.45, 7) is 4.46. The Morgan fingerprint density at radius 1 is 1.07 bits per heavy atom. The van der Waals surface area contributed by atoms with Crippen LogP contribution >= 0.6 is 11.6 Å². The van der Waals surface area contributed by atoms with E-state index in [-0.39, 0.29) is 61.9 Å². The third kappa shape index (κ3) is 8.15. The van der Waals surface area contributed by atoms with Crippen molar-refractivity contribution >= 4 is 35.2 Å². The van der Waals surface area contributed by atoms with Crippen LogP contribution in [0.4, 0.5) is 0 Å². The van der Waals surface area contributed by atoms with Gasteiger partial charge >= 0.3 is 0 Å². The molecule has 0 radical (unpaired) electrons. The van der Waals surface area contributed by atoms with Gasteiger partial charge in [0.15, 0.2) is 0 Å². The van der Waals surface area contributed by atoms with Crippen LogP contribution in [0.15, 0.2) is 48.5 Å². The number of rotatable bonds is 6. The van der Waals surface area contributed by atoms with Crippen molar-refractivity contribution in [3.8, 4) is 11.5 Å². The summed E-state index contributed by atoms with van der Waals surface area (Å²) >= 11 is 5.90. The van der Waals surface area contributed by atoms with Crippen LogP contribution in [0.5, 0.6) is 11.5 Å². The van der Waals surface area contributed by atoms with Crippen molar-refractivity contribution in [2.75, 3.05) is 19.8 Å². The molecule has 1 spiro atoms. The van der Waals surface area contributed by atoms with E-state index in [4.69, 9.17) is 21.1 Å². The molecule has 226 valence electrons. The maximum atomic E-state index is 13.5. The first kappa shape index (κ1) is 31.2. The summed E-state index contributed by atoms with van der Waals surface area (Å²) in [5.74, 6) is -0.557. The van der Waals surface area contributed by atoms with E-state index in [1.165, 1.54) is 0 Å². The van der Waals surface area contributed by atoms with E-state index in [0.717, 1.165) is 12.8 Å². The Morgan fingerprint density at radius 2 is 1.79 bits per heavy atom. The molecule has 0 saturated heterocycles. The lowest BCUT2D eigenvalue weighted by molar-refractivity contribution is -0.134. The number of ether oxygens (including phenoxy) is 2. The minimum atomic E-state index is -1.01. The Labute approximate surface area is 251 Å². The average Bonchev–Trinajstić information content (AvgIpc) is 3.45. The number of benzene rings is 2. The van der Waals surface area contributed by atoms with E-state index >= 15 is 0 Å². The zero-order valence-electron chi connectivity index (χ0n) is 24.0. The first-order chi connectivity index (χ1) is 20.2. The number of halogens is 1. The number of hydrogen-bond acceptors (Lipinski definition) is 6. The molecule has 42 heavy (non-hydrogen) atoms. The van der Waals surface area contributed by atoms with Gasteiger partial charge in [-0.15, -0.1) is 0 Å². The van der Waals surface area contributed by atoms with E-state index < -0.39 is 23.4 Å². The topological polar surface area (TPSA) is 135 Å². The number of fused-ring (bicyclic) bond motifs is 1. The van der Waals surface area contributed by atoms with Gasteiger partial charge in [-0.1, -0.05) is 50.4 Å². The SMILES string of the molecule is CC(C)[C@H]1COc2ccccc2C(=O)N[C@H](C(=O)NCCOc2ccc(Cl)cc2)CCC(=O)NC2(CCCC2)C(=O)N1. The standard InChI is InChI=1S/C31H39ClN4O6/c1-20(2)25-19-42-26-8-4-3-7-23(26)28(38)34-24(29(39)33-17-18-41-22-11-9-21(32)10-12-22)13-14-27(37)36-31(30(40)35-25)15-5-6-16-31/h3-4,7-12,20,24-25H,5-6,13-19H2,1-2H3,(H,33,39)(H,34,38)(H,35,40)(H,36,37)/t24-,25+/m0/s1. The first-order valence-corrected chi connectivity index (χ1v) is 14.9. The molecule has 4 N–H and O–H groups in total. The molecule has 0 aromatic heterocycles. The molecule has 1 aliphatic heterocycles. The van der Waals surface area contributed by atoms with E-state index in [9.17, 15) is 19.2 Å². The molecule has 4 rings (SSSR count). The molecule has 1 heterocycles. The van der Waals surface area contributed by atoms with Crippen molar-refractivity contribution in [2.45, 2.75) is 70.0 Å². The molecule has 2 aromatic carbocycles. The van der Waals surface area contributed by atoms with E-state index in [2.05, 4.69) is 21.3 Å². The molecule has 0 unspecified atom stereocenters. The number of nitrogens with one attached hydrogen (secondary N) is 4. The van der Waals surface area contributed by atoms with Crippen molar-refractivity contribution in [1.82, 2.24) is 21.3 Å². The van der Waals surface area contributed by atoms with Gasteiger partial charge in [0, 0.05) is 11.4 Å². The number of carbonyl (C=O) groups excluding carboxylic acids is 4. The fourth-order valence-electron chi connectivity index (χ4n) is 5.16. The Kier molecular flexibility index (Phi) is 10.7. The summed E-state index contributed by atoms with van der Waals surface area (Å²) in [4.78, 5) is 53.3. The van der Waals surface area contributed by atoms with Crippen LogP contribution in [0.1, 0.15) is 62.7 Å². The summed E-state index contributed by atoms with van der Waals surface area (Å²) in [5.41, 5.74) is -0.760. The summed E-state index contributed by atoms with van der Waals surface area (Å²) in [5, 5.41) is 12.2. The van der Waals surface area contributed by atoms with Crippen LogP contribution < -0.4 is 30.7 Å². The maximum Gasteiger partial charge on any atom is 0.255 e. The largest absolute Gasteiger partial charge is 0.492 e. The van der Waals surface area contributed by atoms with Crippen LogP contribution in [0.2, 0.25) is 5.02 Å². The molecule has 4 amide bonds. The average molecular weight is 599 g/mol. The van der Waals surface area contributed by atoms with Gasteiger partial charge < -0.3 is 30.7 Å². The molecule has 2 atom stereocenters. The van der Waals surface area contributed by atoms with Crippen LogP contribution in [-0.4, -0.2) is 61.0 Å². The second kappa shape index (κ2) is 14.4. The summed E-state index contributed by atoms with van der Waals surface area (Å²) in [6.07, 6.45) is 2.70.